The van der Waals surface area contributed by atoms with Crippen molar-refractivity contribution in [3.05, 3.63) is 41.1 Å². The summed E-state index contributed by atoms with van der Waals surface area (Å²) in [5.74, 6) is 0.343. The molecule has 0 bridgehead atoms. The highest BCUT2D eigenvalue weighted by atomic mass is 16.5. The zero-order valence-electron chi connectivity index (χ0n) is 16.9. The van der Waals surface area contributed by atoms with E-state index in [0.29, 0.717) is 30.4 Å². The number of aromatic amines is 1. The van der Waals surface area contributed by atoms with E-state index in [0.717, 1.165) is 56.8 Å². The molecule has 3 aromatic rings. The molecule has 1 aliphatic heterocycles. The number of ether oxygens (including phenoxy) is 1. The van der Waals surface area contributed by atoms with Crippen LogP contribution in [0.1, 0.15) is 36.6 Å². The van der Waals surface area contributed by atoms with E-state index < -0.39 is 0 Å². The molecule has 1 aliphatic rings. The number of aromatic nitrogens is 4. The van der Waals surface area contributed by atoms with Gasteiger partial charge < -0.3 is 15.8 Å². The van der Waals surface area contributed by atoms with Gasteiger partial charge >= 0.3 is 6.01 Å². The summed E-state index contributed by atoms with van der Waals surface area (Å²) in [6.07, 6.45) is 2.72. The van der Waals surface area contributed by atoms with Gasteiger partial charge in [-0.25, -0.2) is 0 Å². The van der Waals surface area contributed by atoms with Crippen LogP contribution >= 0.6 is 0 Å². The highest BCUT2D eigenvalue weighted by molar-refractivity contribution is 5.86. The second-order valence-corrected chi connectivity index (χ2v) is 7.51. The van der Waals surface area contributed by atoms with Gasteiger partial charge in [0.05, 0.1) is 12.3 Å². The third kappa shape index (κ3) is 4.83. The van der Waals surface area contributed by atoms with E-state index in [9.17, 15) is 0 Å². The van der Waals surface area contributed by atoms with Gasteiger partial charge in [0.2, 0.25) is 0 Å². The first-order chi connectivity index (χ1) is 14.2. The van der Waals surface area contributed by atoms with Gasteiger partial charge in [-0.1, -0.05) is 37.6 Å². The first kappa shape index (κ1) is 19.6. The molecule has 0 spiro atoms. The van der Waals surface area contributed by atoms with Crippen LogP contribution < -0.4 is 15.8 Å². The topological polar surface area (TPSA) is 105 Å². The summed E-state index contributed by atoms with van der Waals surface area (Å²) >= 11 is 0. The number of H-pyrrole nitrogens is 1. The maximum Gasteiger partial charge on any atom is 0.319 e. The molecule has 0 aliphatic carbocycles. The summed E-state index contributed by atoms with van der Waals surface area (Å²) in [5.41, 5.74) is 10.8. The van der Waals surface area contributed by atoms with Crippen LogP contribution in [0.5, 0.6) is 6.01 Å². The molecule has 0 radical (unpaired) electrons. The molecule has 8 nitrogen and oxygen atoms in total. The first-order valence-corrected chi connectivity index (χ1v) is 10.4. The van der Waals surface area contributed by atoms with Gasteiger partial charge in [-0.15, -0.1) is 0 Å². The number of fused-ring (bicyclic) bond motifs is 1. The fraction of sp³-hybridized carbons (Fsp3) is 0.476. The first-order valence-electron chi connectivity index (χ1n) is 10.4. The maximum absolute atomic E-state index is 6.05. The Morgan fingerprint density at radius 2 is 1.83 bits per heavy atom. The summed E-state index contributed by atoms with van der Waals surface area (Å²) in [7, 11) is 0. The molecule has 4 rings (SSSR count). The molecule has 0 atom stereocenters. The lowest BCUT2D eigenvalue weighted by molar-refractivity contribution is 0.233. The molecule has 4 N–H and O–H groups in total. The smallest absolute Gasteiger partial charge is 0.319 e. The Hall–Kier alpha value is -2.71. The molecule has 0 saturated carbocycles. The van der Waals surface area contributed by atoms with Crippen LogP contribution in [0, 0.1) is 0 Å². The SMILES string of the molecule is CCCCOc1nc(N)c2n[nH]c(Cc3ccc(CN4CCNCC4)cc3)c2n1. The molecule has 29 heavy (non-hydrogen) atoms. The number of anilines is 1. The van der Waals surface area contributed by atoms with Crippen LogP contribution in [0.15, 0.2) is 24.3 Å². The van der Waals surface area contributed by atoms with E-state index in [1.54, 1.807) is 0 Å². The van der Waals surface area contributed by atoms with Gasteiger partial charge in [-0.2, -0.15) is 15.1 Å². The van der Waals surface area contributed by atoms with Crippen molar-refractivity contribution in [1.82, 2.24) is 30.4 Å². The van der Waals surface area contributed by atoms with E-state index in [-0.39, 0.29) is 0 Å². The van der Waals surface area contributed by atoms with Crippen LogP contribution in [0.25, 0.3) is 11.0 Å². The zero-order chi connectivity index (χ0) is 20.1. The van der Waals surface area contributed by atoms with Crippen molar-refractivity contribution in [3.63, 3.8) is 0 Å². The van der Waals surface area contributed by atoms with Crippen LogP contribution in [0.2, 0.25) is 0 Å². The number of nitrogen functional groups attached to an aromatic ring is 1. The lowest BCUT2D eigenvalue weighted by Gasteiger charge is -2.27. The van der Waals surface area contributed by atoms with Gasteiger partial charge in [0, 0.05) is 39.1 Å². The number of piperazine rings is 1. The molecule has 0 unspecified atom stereocenters. The Morgan fingerprint density at radius 1 is 1.07 bits per heavy atom. The second-order valence-electron chi connectivity index (χ2n) is 7.51. The Kier molecular flexibility index (Phi) is 6.21. The highest BCUT2D eigenvalue weighted by Crippen LogP contribution is 2.23. The number of nitrogens with two attached hydrogens (primary N) is 1. The fourth-order valence-electron chi connectivity index (χ4n) is 3.54. The average Bonchev–Trinajstić information content (AvgIpc) is 3.14. The summed E-state index contributed by atoms with van der Waals surface area (Å²) in [4.78, 5) is 11.2. The van der Waals surface area contributed by atoms with Crippen molar-refractivity contribution < 1.29 is 4.74 Å². The Balaban J connectivity index is 1.46. The van der Waals surface area contributed by atoms with Crippen molar-refractivity contribution >= 4 is 16.9 Å². The van der Waals surface area contributed by atoms with E-state index in [1.165, 1.54) is 11.1 Å². The van der Waals surface area contributed by atoms with Crippen LogP contribution in [-0.2, 0) is 13.0 Å². The number of nitrogens with zero attached hydrogens (tertiary/aromatic N) is 4. The van der Waals surface area contributed by atoms with E-state index >= 15 is 0 Å². The third-order valence-corrected chi connectivity index (χ3v) is 5.23. The number of rotatable bonds is 8. The van der Waals surface area contributed by atoms with Crippen molar-refractivity contribution in [2.75, 3.05) is 38.5 Å². The second kappa shape index (κ2) is 9.19. The normalized spacial score (nSPS) is 15.1. The van der Waals surface area contributed by atoms with Gasteiger partial charge in [0.25, 0.3) is 0 Å². The molecule has 1 saturated heterocycles. The largest absolute Gasteiger partial charge is 0.463 e. The van der Waals surface area contributed by atoms with Gasteiger partial charge in [0.1, 0.15) is 5.52 Å². The van der Waals surface area contributed by atoms with Crippen molar-refractivity contribution in [1.29, 1.82) is 0 Å². The molecular formula is C21H29N7O. The molecular weight excluding hydrogens is 366 g/mol. The minimum Gasteiger partial charge on any atom is -0.463 e. The molecule has 3 heterocycles. The monoisotopic (exact) mass is 395 g/mol. The maximum atomic E-state index is 6.05. The van der Waals surface area contributed by atoms with Crippen LogP contribution in [0.3, 0.4) is 0 Å². The highest BCUT2D eigenvalue weighted by Gasteiger charge is 2.15. The summed E-state index contributed by atoms with van der Waals surface area (Å²) < 4.78 is 5.64. The van der Waals surface area contributed by atoms with E-state index in [4.69, 9.17) is 10.5 Å². The van der Waals surface area contributed by atoms with Crippen LogP contribution in [-0.4, -0.2) is 57.9 Å². The van der Waals surface area contributed by atoms with E-state index in [1.807, 2.05) is 0 Å². The lowest BCUT2D eigenvalue weighted by atomic mass is 10.1. The molecule has 0 amide bonds. The summed E-state index contributed by atoms with van der Waals surface area (Å²) in [6.45, 7) is 8.04. The zero-order valence-corrected chi connectivity index (χ0v) is 16.9. The third-order valence-electron chi connectivity index (χ3n) is 5.23. The quantitative estimate of drug-likeness (QED) is 0.502. The average molecular weight is 396 g/mol. The van der Waals surface area contributed by atoms with E-state index in [2.05, 4.69) is 61.6 Å². The van der Waals surface area contributed by atoms with Crippen molar-refractivity contribution in [2.24, 2.45) is 0 Å². The van der Waals surface area contributed by atoms with Crippen LogP contribution in [0.4, 0.5) is 5.82 Å². The Labute approximate surface area is 170 Å². The fourth-order valence-corrected chi connectivity index (χ4v) is 3.54. The predicted molar refractivity (Wildman–Crippen MR) is 114 cm³/mol. The van der Waals surface area contributed by atoms with Gasteiger partial charge in [0.15, 0.2) is 11.3 Å². The predicted octanol–water partition coefficient (Wildman–Crippen LogP) is 2.11. The standard InChI is InChI=1S/C21H29N7O/c1-2-3-12-29-21-24-18-17(26-27-19(18)20(22)25-21)13-15-4-6-16(7-5-15)14-28-10-8-23-9-11-28/h4-7,23H,2-3,8-14H2,1H3,(H,26,27)(H2,22,24,25). The molecule has 8 heteroatoms. The van der Waals surface area contributed by atoms with Gasteiger partial charge in [-0.3, -0.25) is 10.00 Å². The Bertz CT molecular complexity index is 932. The molecule has 154 valence electrons. The number of hydrogen-bond acceptors (Lipinski definition) is 7. The summed E-state index contributed by atoms with van der Waals surface area (Å²) in [5, 5.41) is 10.8. The summed E-state index contributed by atoms with van der Waals surface area (Å²) in [6, 6.07) is 9.08. The molecule has 1 fully saturated rings. The lowest BCUT2D eigenvalue weighted by Crippen LogP contribution is -2.42. The van der Waals surface area contributed by atoms with Crippen molar-refractivity contribution in [3.8, 4) is 6.01 Å². The number of benzene rings is 1. The van der Waals surface area contributed by atoms with Gasteiger partial charge in [-0.05, 0) is 17.5 Å². The number of hydrogen-bond donors (Lipinski definition) is 3. The minimum atomic E-state index is 0.317. The number of nitrogens with one attached hydrogen (secondary N) is 2. The number of unbranched alkanes of at least 4 members (excludes halogenated alkanes) is 1. The minimum absolute atomic E-state index is 0.317. The molecule has 2 aromatic heterocycles. The molecule has 1 aromatic carbocycles. The Morgan fingerprint density at radius 3 is 2.59 bits per heavy atom. The van der Waals surface area contributed by atoms with Crippen molar-refractivity contribution in [2.45, 2.75) is 32.7 Å².